The van der Waals surface area contributed by atoms with E-state index in [1.54, 1.807) is 30.1 Å². The Balaban J connectivity index is 1.59. The second kappa shape index (κ2) is 6.85. The lowest BCUT2D eigenvalue weighted by Crippen LogP contribution is -2.30. The number of fused-ring (bicyclic) bond motifs is 1. The Labute approximate surface area is 137 Å². The molecule has 1 heterocycles. The number of anilines is 1. The summed E-state index contributed by atoms with van der Waals surface area (Å²) >= 11 is 1.44. The normalized spacial score (nSPS) is 11.1. The van der Waals surface area contributed by atoms with E-state index in [-0.39, 0.29) is 18.3 Å². The molecule has 0 spiro atoms. The third-order valence-corrected chi connectivity index (χ3v) is 4.30. The number of carbonyl (C=O) groups is 1. The lowest BCUT2D eigenvalue weighted by atomic mass is 10.2. The molecule has 0 atom stereocenters. The van der Waals surface area contributed by atoms with Crippen LogP contribution in [0, 0.1) is 5.82 Å². The van der Waals surface area contributed by atoms with Crippen molar-refractivity contribution >= 4 is 32.6 Å². The number of hydrogen-bond acceptors (Lipinski definition) is 4. The predicted octanol–water partition coefficient (Wildman–Crippen LogP) is 3.51. The molecule has 0 aliphatic carbocycles. The Morgan fingerprint density at radius 1 is 1.22 bits per heavy atom. The first-order chi connectivity index (χ1) is 11.1. The van der Waals surface area contributed by atoms with Gasteiger partial charge in [-0.1, -0.05) is 41.7 Å². The van der Waals surface area contributed by atoms with Gasteiger partial charge < -0.3 is 5.32 Å². The van der Waals surface area contributed by atoms with Gasteiger partial charge in [-0.05, 0) is 25.2 Å². The van der Waals surface area contributed by atoms with E-state index >= 15 is 0 Å². The highest BCUT2D eigenvalue weighted by Gasteiger charge is 2.11. The minimum atomic E-state index is -0.258. The van der Waals surface area contributed by atoms with Crippen LogP contribution in [0.3, 0.4) is 0 Å². The van der Waals surface area contributed by atoms with Crippen LogP contribution in [-0.4, -0.2) is 29.4 Å². The van der Waals surface area contributed by atoms with E-state index in [2.05, 4.69) is 10.3 Å². The lowest BCUT2D eigenvalue weighted by molar-refractivity contribution is -0.117. The third kappa shape index (κ3) is 3.91. The van der Waals surface area contributed by atoms with Crippen LogP contribution in [0.25, 0.3) is 10.2 Å². The summed E-state index contributed by atoms with van der Waals surface area (Å²) in [6.07, 6.45) is 0. The van der Waals surface area contributed by atoms with Gasteiger partial charge in [0.25, 0.3) is 0 Å². The quantitative estimate of drug-likeness (QED) is 0.779. The molecule has 0 fully saturated rings. The fourth-order valence-electron chi connectivity index (χ4n) is 2.30. The maximum absolute atomic E-state index is 13.6. The first-order valence-corrected chi connectivity index (χ1v) is 8.01. The van der Waals surface area contributed by atoms with Crippen molar-refractivity contribution < 1.29 is 9.18 Å². The molecule has 0 saturated heterocycles. The van der Waals surface area contributed by atoms with E-state index in [1.807, 2.05) is 24.3 Å². The van der Waals surface area contributed by atoms with Gasteiger partial charge in [0.15, 0.2) is 5.13 Å². The van der Waals surface area contributed by atoms with Crippen molar-refractivity contribution in [2.24, 2.45) is 0 Å². The van der Waals surface area contributed by atoms with Gasteiger partial charge in [-0.2, -0.15) is 0 Å². The highest BCUT2D eigenvalue weighted by atomic mass is 32.1. The van der Waals surface area contributed by atoms with Crippen molar-refractivity contribution in [2.45, 2.75) is 6.54 Å². The summed E-state index contributed by atoms with van der Waals surface area (Å²) in [7, 11) is 1.78. The molecule has 6 heteroatoms. The monoisotopic (exact) mass is 329 g/mol. The highest BCUT2D eigenvalue weighted by molar-refractivity contribution is 7.22. The number of hydrogen-bond donors (Lipinski definition) is 1. The zero-order valence-corrected chi connectivity index (χ0v) is 13.4. The fraction of sp³-hybridized carbons (Fsp3) is 0.176. The maximum atomic E-state index is 13.6. The lowest BCUT2D eigenvalue weighted by Gasteiger charge is -2.16. The number of benzene rings is 2. The van der Waals surface area contributed by atoms with Crippen molar-refractivity contribution in [1.82, 2.24) is 9.88 Å². The van der Waals surface area contributed by atoms with Crippen molar-refractivity contribution in [3.8, 4) is 0 Å². The van der Waals surface area contributed by atoms with Crippen LogP contribution in [0.2, 0.25) is 0 Å². The summed E-state index contributed by atoms with van der Waals surface area (Å²) in [5.74, 6) is -0.422. The molecule has 2 aromatic carbocycles. The Bertz CT molecular complexity index is 800. The largest absolute Gasteiger partial charge is 0.301 e. The van der Waals surface area contributed by atoms with E-state index in [0.29, 0.717) is 17.2 Å². The number of para-hydroxylation sites is 1. The fourth-order valence-corrected chi connectivity index (χ4v) is 3.18. The second-order valence-electron chi connectivity index (χ2n) is 5.30. The Morgan fingerprint density at radius 2 is 1.96 bits per heavy atom. The van der Waals surface area contributed by atoms with Gasteiger partial charge in [0.2, 0.25) is 5.91 Å². The predicted molar refractivity (Wildman–Crippen MR) is 91.0 cm³/mol. The molecule has 0 aliphatic rings. The number of halogens is 1. The van der Waals surface area contributed by atoms with Crippen molar-refractivity contribution in [1.29, 1.82) is 0 Å². The van der Waals surface area contributed by atoms with Crippen LogP contribution in [0.1, 0.15) is 5.56 Å². The minimum Gasteiger partial charge on any atom is -0.301 e. The molecule has 0 unspecified atom stereocenters. The molecule has 118 valence electrons. The van der Waals surface area contributed by atoms with Crippen LogP contribution in [0.15, 0.2) is 48.5 Å². The molecule has 0 aliphatic heterocycles. The van der Waals surface area contributed by atoms with Gasteiger partial charge in [0, 0.05) is 12.1 Å². The van der Waals surface area contributed by atoms with Crippen molar-refractivity contribution in [2.75, 3.05) is 18.9 Å². The van der Waals surface area contributed by atoms with Crippen LogP contribution in [0.5, 0.6) is 0 Å². The van der Waals surface area contributed by atoms with Crippen LogP contribution in [0.4, 0.5) is 9.52 Å². The molecule has 1 N–H and O–H groups in total. The molecule has 0 saturated carbocycles. The first-order valence-electron chi connectivity index (χ1n) is 7.19. The number of carbonyl (C=O) groups excluding carboxylic acids is 1. The third-order valence-electron chi connectivity index (χ3n) is 3.35. The van der Waals surface area contributed by atoms with E-state index in [1.165, 1.54) is 17.4 Å². The van der Waals surface area contributed by atoms with Crippen LogP contribution in [-0.2, 0) is 11.3 Å². The van der Waals surface area contributed by atoms with Gasteiger partial charge >= 0.3 is 0 Å². The van der Waals surface area contributed by atoms with E-state index in [0.717, 1.165) is 10.2 Å². The number of nitrogens with zero attached hydrogens (tertiary/aromatic N) is 2. The van der Waals surface area contributed by atoms with Gasteiger partial charge in [0.1, 0.15) is 5.82 Å². The second-order valence-corrected chi connectivity index (χ2v) is 6.33. The molecule has 0 bridgehead atoms. The van der Waals surface area contributed by atoms with Crippen LogP contribution >= 0.6 is 11.3 Å². The number of amides is 1. The number of aromatic nitrogens is 1. The zero-order chi connectivity index (χ0) is 16.2. The molecule has 1 amide bonds. The summed E-state index contributed by atoms with van der Waals surface area (Å²) in [6.45, 7) is 0.546. The number of thiazole rings is 1. The van der Waals surface area contributed by atoms with E-state index in [4.69, 9.17) is 0 Å². The molecule has 1 aromatic heterocycles. The molecule has 3 rings (SSSR count). The summed E-state index contributed by atoms with van der Waals surface area (Å²) in [6, 6.07) is 14.3. The van der Waals surface area contributed by atoms with Gasteiger partial charge in [-0.3, -0.25) is 9.69 Å². The van der Waals surface area contributed by atoms with Crippen LogP contribution < -0.4 is 5.32 Å². The summed E-state index contributed by atoms with van der Waals surface area (Å²) in [5, 5.41) is 3.37. The van der Waals surface area contributed by atoms with Crippen molar-refractivity contribution in [3.63, 3.8) is 0 Å². The minimum absolute atomic E-state index is 0.164. The Kier molecular flexibility index (Phi) is 4.64. The summed E-state index contributed by atoms with van der Waals surface area (Å²) in [4.78, 5) is 18.2. The zero-order valence-electron chi connectivity index (χ0n) is 12.6. The molecular weight excluding hydrogens is 313 g/mol. The number of rotatable bonds is 5. The van der Waals surface area contributed by atoms with Gasteiger partial charge in [-0.15, -0.1) is 0 Å². The van der Waals surface area contributed by atoms with Crippen molar-refractivity contribution in [3.05, 3.63) is 59.9 Å². The smallest absolute Gasteiger partial charge is 0.240 e. The SMILES string of the molecule is CN(CC(=O)Nc1nc2ccccc2s1)Cc1ccccc1F. The van der Waals surface area contributed by atoms with E-state index in [9.17, 15) is 9.18 Å². The molecule has 0 radical (unpaired) electrons. The molecule has 4 nitrogen and oxygen atoms in total. The summed E-state index contributed by atoms with van der Waals surface area (Å²) < 4.78 is 14.6. The standard InChI is InChI=1S/C17H16FN3OS/c1-21(10-12-6-2-3-7-13(12)18)11-16(22)20-17-19-14-8-4-5-9-15(14)23-17/h2-9H,10-11H2,1H3,(H,19,20,22). The highest BCUT2D eigenvalue weighted by Crippen LogP contribution is 2.25. The number of likely N-dealkylation sites (N-methyl/N-ethyl adjacent to an activating group) is 1. The summed E-state index contributed by atoms with van der Waals surface area (Å²) in [5.41, 5.74) is 1.44. The first kappa shape index (κ1) is 15.6. The Morgan fingerprint density at radius 3 is 2.74 bits per heavy atom. The van der Waals surface area contributed by atoms with E-state index < -0.39 is 0 Å². The molecule has 3 aromatic rings. The van der Waals surface area contributed by atoms with Gasteiger partial charge in [-0.25, -0.2) is 9.37 Å². The molecular formula is C17H16FN3OS. The average Bonchev–Trinajstić information content (AvgIpc) is 2.91. The number of nitrogens with one attached hydrogen (secondary N) is 1. The maximum Gasteiger partial charge on any atom is 0.240 e. The average molecular weight is 329 g/mol. The Hall–Kier alpha value is -2.31. The topological polar surface area (TPSA) is 45.2 Å². The molecule has 23 heavy (non-hydrogen) atoms. The van der Waals surface area contributed by atoms with Gasteiger partial charge in [0.05, 0.1) is 16.8 Å².